The molecule has 1 aromatic heterocycles. The number of amides is 1. The van der Waals surface area contributed by atoms with Gasteiger partial charge in [-0.15, -0.1) is 11.3 Å². The lowest BCUT2D eigenvalue weighted by Gasteiger charge is -2.29. The predicted octanol–water partition coefficient (Wildman–Crippen LogP) is 2.42. The SMILES string of the molecule is COc1ccccc1[C@@H](CNC(=O)c1ccc(CCNS(C)(=O)=O)s1)N1CCCC1. The van der Waals surface area contributed by atoms with Crippen LogP contribution in [-0.4, -0.2) is 58.8 Å². The van der Waals surface area contributed by atoms with E-state index in [0.29, 0.717) is 24.4 Å². The van der Waals surface area contributed by atoms with Crippen LogP contribution in [0.25, 0.3) is 0 Å². The van der Waals surface area contributed by atoms with Crippen LogP contribution >= 0.6 is 11.3 Å². The zero-order valence-corrected chi connectivity index (χ0v) is 19.0. The zero-order valence-electron chi connectivity index (χ0n) is 17.4. The molecule has 1 aliphatic rings. The highest BCUT2D eigenvalue weighted by atomic mass is 32.2. The van der Waals surface area contributed by atoms with Gasteiger partial charge in [-0.3, -0.25) is 9.69 Å². The molecule has 0 saturated carbocycles. The van der Waals surface area contributed by atoms with Crippen LogP contribution in [0.3, 0.4) is 0 Å². The first-order chi connectivity index (χ1) is 14.4. The Hall–Kier alpha value is -1.94. The van der Waals surface area contributed by atoms with Crippen molar-refractivity contribution >= 4 is 27.3 Å². The first-order valence-corrected chi connectivity index (χ1v) is 12.8. The summed E-state index contributed by atoms with van der Waals surface area (Å²) in [4.78, 5) is 16.7. The molecule has 0 radical (unpaired) electrons. The summed E-state index contributed by atoms with van der Waals surface area (Å²) in [6.45, 7) is 2.84. The Morgan fingerprint density at radius 1 is 1.20 bits per heavy atom. The van der Waals surface area contributed by atoms with Crippen LogP contribution < -0.4 is 14.8 Å². The fourth-order valence-electron chi connectivity index (χ4n) is 3.70. The van der Waals surface area contributed by atoms with E-state index in [1.165, 1.54) is 11.3 Å². The van der Waals surface area contributed by atoms with Crippen molar-refractivity contribution in [3.05, 3.63) is 51.7 Å². The highest BCUT2D eigenvalue weighted by molar-refractivity contribution is 7.88. The third kappa shape index (κ3) is 6.28. The summed E-state index contributed by atoms with van der Waals surface area (Å²) in [5, 5.41) is 3.08. The van der Waals surface area contributed by atoms with Gasteiger partial charge in [0.1, 0.15) is 5.75 Å². The minimum Gasteiger partial charge on any atom is -0.496 e. The van der Waals surface area contributed by atoms with E-state index in [1.54, 1.807) is 13.2 Å². The summed E-state index contributed by atoms with van der Waals surface area (Å²) < 4.78 is 30.4. The lowest BCUT2D eigenvalue weighted by Crippen LogP contribution is -2.36. The Morgan fingerprint density at radius 3 is 2.63 bits per heavy atom. The van der Waals surface area contributed by atoms with E-state index in [2.05, 4.69) is 21.0 Å². The van der Waals surface area contributed by atoms with Crippen molar-refractivity contribution in [2.24, 2.45) is 0 Å². The third-order valence-electron chi connectivity index (χ3n) is 5.16. The van der Waals surface area contributed by atoms with Crippen LogP contribution in [0.4, 0.5) is 0 Å². The van der Waals surface area contributed by atoms with Crippen molar-refractivity contribution in [2.45, 2.75) is 25.3 Å². The summed E-state index contributed by atoms with van der Waals surface area (Å²) in [6, 6.07) is 11.7. The molecule has 30 heavy (non-hydrogen) atoms. The van der Waals surface area contributed by atoms with Crippen molar-refractivity contribution in [3.63, 3.8) is 0 Å². The summed E-state index contributed by atoms with van der Waals surface area (Å²) in [7, 11) is -1.53. The monoisotopic (exact) mass is 451 g/mol. The normalized spacial score (nSPS) is 15.8. The van der Waals surface area contributed by atoms with Gasteiger partial charge in [0.05, 0.1) is 24.3 Å². The number of nitrogens with one attached hydrogen (secondary N) is 2. The highest BCUT2D eigenvalue weighted by Crippen LogP contribution is 2.31. The third-order valence-corrected chi connectivity index (χ3v) is 7.03. The van der Waals surface area contributed by atoms with Crippen molar-refractivity contribution in [2.75, 3.05) is 39.5 Å². The largest absolute Gasteiger partial charge is 0.496 e. The minimum absolute atomic E-state index is 0.0611. The van der Waals surface area contributed by atoms with Crippen LogP contribution in [-0.2, 0) is 16.4 Å². The number of rotatable bonds is 10. The van der Waals surface area contributed by atoms with Crippen molar-refractivity contribution in [3.8, 4) is 5.75 Å². The summed E-state index contributed by atoms with van der Waals surface area (Å²) in [5.74, 6) is 0.724. The molecule has 2 aromatic rings. The molecule has 1 aliphatic heterocycles. The minimum atomic E-state index is -3.20. The summed E-state index contributed by atoms with van der Waals surface area (Å²) in [5.41, 5.74) is 1.08. The fourth-order valence-corrected chi connectivity index (χ4v) is 5.10. The number of methoxy groups -OCH3 is 1. The smallest absolute Gasteiger partial charge is 0.261 e. The van der Waals surface area contributed by atoms with E-state index in [-0.39, 0.29) is 11.9 Å². The van der Waals surface area contributed by atoms with E-state index in [9.17, 15) is 13.2 Å². The van der Waals surface area contributed by atoms with E-state index < -0.39 is 10.0 Å². The number of carbonyl (C=O) groups excluding carboxylic acids is 1. The first-order valence-electron chi connectivity index (χ1n) is 10.1. The van der Waals surface area contributed by atoms with Crippen molar-refractivity contribution in [1.29, 1.82) is 0 Å². The van der Waals surface area contributed by atoms with E-state index >= 15 is 0 Å². The maximum absolute atomic E-state index is 12.7. The number of benzene rings is 1. The van der Waals surface area contributed by atoms with Gasteiger partial charge < -0.3 is 10.1 Å². The standard InChI is InChI=1S/C21H29N3O4S2/c1-28-19-8-4-3-7-17(19)18(24-13-5-6-14-24)15-22-21(25)20-10-9-16(29-20)11-12-23-30(2,26)27/h3-4,7-10,18,23H,5-6,11-15H2,1-2H3,(H,22,25)/t18-/m1/s1. The van der Waals surface area contributed by atoms with E-state index in [1.807, 2.05) is 24.3 Å². The second kappa shape index (κ2) is 10.4. The second-order valence-electron chi connectivity index (χ2n) is 7.39. The quantitative estimate of drug-likeness (QED) is 0.579. The number of hydrogen-bond acceptors (Lipinski definition) is 6. The Kier molecular flexibility index (Phi) is 7.87. The number of hydrogen-bond donors (Lipinski definition) is 2. The Balaban J connectivity index is 1.63. The lowest BCUT2D eigenvalue weighted by atomic mass is 10.0. The molecular weight excluding hydrogens is 422 g/mol. The van der Waals surface area contributed by atoms with Gasteiger partial charge in [-0.25, -0.2) is 13.1 Å². The molecule has 1 amide bonds. The molecule has 2 heterocycles. The molecule has 3 rings (SSSR count). The number of carbonyl (C=O) groups is 1. The van der Waals surface area contributed by atoms with Crippen LogP contribution in [0.2, 0.25) is 0 Å². The van der Waals surface area contributed by atoms with Gasteiger partial charge in [-0.1, -0.05) is 18.2 Å². The number of nitrogens with zero attached hydrogens (tertiary/aromatic N) is 1. The average Bonchev–Trinajstić information content (AvgIpc) is 3.40. The predicted molar refractivity (Wildman–Crippen MR) is 120 cm³/mol. The molecular formula is C21H29N3O4S2. The number of para-hydroxylation sites is 1. The molecule has 7 nitrogen and oxygen atoms in total. The van der Waals surface area contributed by atoms with Gasteiger partial charge in [0, 0.05) is 23.5 Å². The zero-order chi connectivity index (χ0) is 21.6. The fraction of sp³-hybridized carbons (Fsp3) is 0.476. The van der Waals surface area contributed by atoms with Gasteiger partial charge in [-0.05, 0) is 50.6 Å². The van der Waals surface area contributed by atoms with E-state index in [4.69, 9.17) is 4.74 Å². The summed E-state index contributed by atoms with van der Waals surface area (Å²) in [6.07, 6.45) is 4.02. The molecule has 0 aliphatic carbocycles. The topological polar surface area (TPSA) is 87.7 Å². The van der Waals surface area contributed by atoms with Gasteiger partial charge >= 0.3 is 0 Å². The highest BCUT2D eigenvalue weighted by Gasteiger charge is 2.26. The number of ether oxygens (including phenoxy) is 1. The Bertz CT molecular complexity index is 953. The molecule has 1 fully saturated rings. The lowest BCUT2D eigenvalue weighted by molar-refractivity contribution is 0.0941. The molecule has 164 valence electrons. The van der Waals surface area contributed by atoms with Crippen LogP contribution in [0.15, 0.2) is 36.4 Å². The molecule has 0 bridgehead atoms. The second-order valence-corrected chi connectivity index (χ2v) is 10.4. The van der Waals surface area contributed by atoms with Crippen LogP contribution in [0, 0.1) is 0 Å². The van der Waals surface area contributed by atoms with Gasteiger partial charge in [0.15, 0.2) is 0 Å². The Morgan fingerprint density at radius 2 is 1.93 bits per heavy atom. The molecule has 1 atom stereocenters. The maximum atomic E-state index is 12.7. The maximum Gasteiger partial charge on any atom is 0.261 e. The van der Waals surface area contributed by atoms with Crippen molar-refractivity contribution in [1.82, 2.24) is 14.9 Å². The number of thiophene rings is 1. The Labute approximate surface area is 182 Å². The number of likely N-dealkylation sites (tertiary alicyclic amines) is 1. The van der Waals surface area contributed by atoms with E-state index in [0.717, 1.165) is 48.4 Å². The first kappa shape index (κ1) is 22.7. The summed E-state index contributed by atoms with van der Waals surface area (Å²) >= 11 is 1.39. The molecule has 1 aromatic carbocycles. The molecule has 2 N–H and O–H groups in total. The van der Waals surface area contributed by atoms with Crippen LogP contribution in [0.1, 0.15) is 39.0 Å². The molecule has 0 spiro atoms. The van der Waals surface area contributed by atoms with Crippen molar-refractivity contribution < 1.29 is 17.9 Å². The average molecular weight is 452 g/mol. The van der Waals surface area contributed by atoms with Gasteiger partial charge in [0.2, 0.25) is 10.0 Å². The van der Waals surface area contributed by atoms with Gasteiger partial charge in [-0.2, -0.15) is 0 Å². The number of sulfonamides is 1. The molecule has 1 saturated heterocycles. The molecule has 9 heteroatoms. The van der Waals surface area contributed by atoms with Crippen LogP contribution in [0.5, 0.6) is 5.75 Å². The molecule has 0 unspecified atom stereocenters. The van der Waals surface area contributed by atoms with Gasteiger partial charge in [0.25, 0.3) is 5.91 Å².